The molecule has 24 heavy (non-hydrogen) atoms. The van der Waals surface area contributed by atoms with Gasteiger partial charge in [-0.25, -0.2) is 9.97 Å². The number of ether oxygens (including phenoxy) is 2. The van der Waals surface area contributed by atoms with Crippen molar-refractivity contribution in [2.45, 2.75) is 13.5 Å². The Morgan fingerprint density at radius 2 is 2.00 bits per heavy atom. The summed E-state index contributed by atoms with van der Waals surface area (Å²) in [6, 6.07) is 14.3. The highest BCUT2D eigenvalue weighted by molar-refractivity contribution is 5.76. The maximum Gasteiger partial charge on any atom is 0.231 e. The Bertz CT molecular complexity index is 880. The van der Waals surface area contributed by atoms with Gasteiger partial charge >= 0.3 is 0 Å². The first-order valence-corrected chi connectivity index (χ1v) is 7.79. The van der Waals surface area contributed by atoms with Crippen molar-refractivity contribution in [3.63, 3.8) is 0 Å². The minimum atomic E-state index is 0.266. The van der Waals surface area contributed by atoms with Gasteiger partial charge < -0.3 is 14.8 Å². The second kappa shape index (κ2) is 6.20. The normalized spacial score (nSPS) is 12.2. The average molecular weight is 319 g/mol. The van der Waals surface area contributed by atoms with E-state index in [1.807, 2.05) is 24.4 Å². The molecule has 1 aliphatic heterocycles. The summed E-state index contributed by atoms with van der Waals surface area (Å²) >= 11 is 0. The van der Waals surface area contributed by atoms with Crippen molar-refractivity contribution in [1.29, 1.82) is 0 Å². The molecule has 0 fully saturated rings. The number of anilines is 1. The third-order valence-electron chi connectivity index (χ3n) is 3.94. The summed E-state index contributed by atoms with van der Waals surface area (Å²) in [5, 5.41) is 3.40. The maximum atomic E-state index is 5.46. The lowest BCUT2D eigenvalue weighted by molar-refractivity contribution is 0.174. The molecule has 2 aromatic carbocycles. The number of nitrogens with zero attached hydrogens (tertiary/aromatic N) is 2. The van der Waals surface area contributed by atoms with Crippen LogP contribution in [-0.4, -0.2) is 16.8 Å². The molecule has 0 bridgehead atoms. The monoisotopic (exact) mass is 319 g/mol. The molecule has 0 atom stereocenters. The lowest BCUT2D eigenvalue weighted by Crippen LogP contribution is -2.03. The summed E-state index contributed by atoms with van der Waals surface area (Å²) in [6.45, 7) is 3.06. The predicted octanol–water partition coefficient (Wildman–Crippen LogP) is 3.79. The fraction of sp³-hybridized carbons (Fsp3) is 0.158. The van der Waals surface area contributed by atoms with Gasteiger partial charge in [0, 0.05) is 18.3 Å². The van der Waals surface area contributed by atoms with E-state index < -0.39 is 0 Å². The quantitative estimate of drug-likeness (QED) is 0.793. The summed E-state index contributed by atoms with van der Waals surface area (Å²) in [5.74, 6) is 2.32. The standard InChI is InChI=1S/C19H17N3O2/c1-13-3-2-4-14(7-13)9-21-19-16(10-20-11-22-19)15-5-6-17-18(8-15)24-12-23-17/h2-8,10-11H,9,12H2,1H3,(H,20,21,22). The highest BCUT2D eigenvalue weighted by atomic mass is 16.7. The lowest BCUT2D eigenvalue weighted by Gasteiger charge is -2.11. The zero-order valence-corrected chi connectivity index (χ0v) is 13.3. The molecule has 2 heterocycles. The smallest absolute Gasteiger partial charge is 0.231 e. The molecule has 0 saturated carbocycles. The van der Waals surface area contributed by atoms with Crippen molar-refractivity contribution in [2.75, 3.05) is 12.1 Å². The number of fused-ring (bicyclic) bond motifs is 1. The topological polar surface area (TPSA) is 56.3 Å². The molecule has 120 valence electrons. The predicted molar refractivity (Wildman–Crippen MR) is 92.1 cm³/mol. The molecule has 5 nitrogen and oxygen atoms in total. The van der Waals surface area contributed by atoms with Crippen molar-refractivity contribution in [3.8, 4) is 22.6 Å². The van der Waals surface area contributed by atoms with E-state index in [0.29, 0.717) is 6.54 Å². The Kier molecular flexibility index (Phi) is 3.75. The Balaban J connectivity index is 1.61. The summed E-state index contributed by atoms with van der Waals surface area (Å²) in [7, 11) is 0. The fourth-order valence-electron chi connectivity index (χ4n) is 2.75. The SMILES string of the molecule is Cc1cccc(CNc2ncncc2-c2ccc3c(c2)OCO3)c1. The molecule has 1 aliphatic rings. The van der Waals surface area contributed by atoms with Gasteiger partial charge in [0.05, 0.1) is 0 Å². The van der Waals surface area contributed by atoms with Gasteiger partial charge in [0.25, 0.3) is 0 Å². The van der Waals surface area contributed by atoms with Gasteiger partial charge in [-0.05, 0) is 30.2 Å². The van der Waals surface area contributed by atoms with E-state index in [1.54, 1.807) is 6.33 Å². The largest absolute Gasteiger partial charge is 0.454 e. The molecule has 0 radical (unpaired) electrons. The van der Waals surface area contributed by atoms with Gasteiger partial charge in [-0.3, -0.25) is 0 Å². The van der Waals surface area contributed by atoms with Crippen LogP contribution >= 0.6 is 0 Å². The van der Waals surface area contributed by atoms with Crippen LogP contribution in [0.2, 0.25) is 0 Å². The van der Waals surface area contributed by atoms with Gasteiger partial charge in [0.1, 0.15) is 12.1 Å². The summed E-state index contributed by atoms with van der Waals surface area (Å²) in [4.78, 5) is 8.55. The first kappa shape index (κ1) is 14.5. The van der Waals surface area contributed by atoms with E-state index >= 15 is 0 Å². The molecule has 0 unspecified atom stereocenters. The van der Waals surface area contributed by atoms with Gasteiger partial charge in [0.2, 0.25) is 6.79 Å². The van der Waals surface area contributed by atoms with Crippen LogP contribution in [0.1, 0.15) is 11.1 Å². The zero-order chi connectivity index (χ0) is 16.4. The molecule has 4 rings (SSSR count). The van der Waals surface area contributed by atoms with Crippen molar-refractivity contribution < 1.29 is 9.47 Å². The molecule has 3 aromatic rings. The summed E-state index contributed by atoms with van der Waals surface area (Å²) in [5.41, 5.74) is 4.38. The van der Waals surface area contributed by atoms with Gasteiger partial charge in [0.15, 0.2) is 11.5 Å². The number of hydrogen-bond donors (Lipinski definition) is 1. The Morgan fingerprint density at radius 1 is 1.08 bits per heavy atom. The number of aryl methyl sites for hydroxylation is 1. The number of benzene rings is 2. The third-order valence-corrected chi connectivity index (χ3v) is 3.94. The van der Waals surface area contributed by atoms with Gasteiger partial charge in [-0.15, -0.1) is 0 Å². The van der Waals surface area contributed by atoms with Crippen molar-refractivity contribution >= 4 is 5.82 Å². The number of aromatic nitrogens is 2. The van der Waals surface area contributed by atoms with Gasteiger partial charge in [-0.1, -0.05) is 35.9 Å². The van der Waals surface area contributed by atoms with Crippen LogP contribution < -0.4 is 14.8 Å². The van der Waals surface area contributed by atoms with Crippen LogP contribution in [0.25, 0.3) is 11.1 Å². The average Bonchev–Trinajstić information content (AvgIpc) is 3.08. The highest BCUT2D eigenvalue weighted by Crippen LogP contribution is 2.37. The molecule has 1 aromatic heterocycles. The second-order valence-corrected chi connectivity index (χ2v) is 5.70. The first-order chi connectivity index (χ1) is 11.8. The summed E-state index contributed by atoms with van der Waals surface area (Å²) < 4.78 is 10.8. The fourth-order valence-corrected chi connectivity index (χ4v) is 2.75. The third kappa shape index (κ3) is 2.88. The van der Waals surface area contributed by atoms with Crippen molar-refractivity contribution in [1.82, 2.24) is 9.97 Å². The molecule has 1 N–H and O–H groups in total. The van der Waals surface area contributed by atoms with Crippen LogP contribution in [0.15, 0.2) is 55.0 Å². The zero-order valence-electron chi connectivity index (χ0n) is 13.3. The van der Waals surface area contributed by atoms with E-state index in [9.17, 15) is 0 Å². The number of rotatable bonds is 4. The van der Waals surface area contributed by atoms with E-state index in [-0.39, 0.29) is 6.79 Å². The van der Waals surface area contributed by atoms with E-state index in [1.165, 1.54) is 11.1 Å². The van der Waals surface area contributed by atoms with E-state index in [2.05, 4.69) is 46.5 Å². The van der Waals surface area contributed by atoms with Crippen molar-refractivity contribution in [2.24, 2.45) is 0 Å². The van der Waals surface area contributed by atoms with Crippen LogP contribution in [0, 0.1) is 6.92 Å². The lowest BCUT2D eigenvalue weighted by atomic mass is 10.1. The van der Waals surface area contributed by atoms with Crippen LogP contribution in [0.4, 0.5) is 5.82 Å². The molecule has 0 aliphatic carbocycles. The Morgan fingerprint density at radius 3 is 2.92 bits per heavy atom. The first-order valence-electron chi connectivity index (χ1n) is 7.79. The molecule has 0 spiro atoms. The molecular formula is C19H17N3O2. The molecular weight excluding hydrogens is 302 g/mol. The minimum Gasteiger partial charge on any atom is -0.454 e. The Hall–Kier alpha value is -3.08. The van der Waals surface area contributed by atoms with Crippen LogP contribution in [-0.2, 0) is 6.54 Å². The summed E-state index contributed by atoms with van der Waals surface area (Å²) in [6.07, 6.45) is 3.36. The second-order valence-electron chi connectivity index (χ2n) is 5.70. The maximum absolute atomic E-state index is 5.46. The van der Waals surface area contributed by atoms with Crippen LogP contribution in [0.3, 0.4) is 0 Å². The van der Waals surface area contributed by atoms with E-state index in [4.69, 9.17) is 9.47 Å². The molecule has 0 saturated heterocycles. The highest BCUT2D eigenvalue weighted by Gasteiger charge is 2.15. The van der Waals surface area contributed by atoms with Crippen molar-refractivity contribution in [3.05, 3.63) is 66.1 Å². The Labute approximate surface area is 140 Å². The number of nitrogens with one attached hydrogen (secondary N) is 1. The molecule has 0 amide bonds. The van der Waals surface area contributed by atoms with Crippen LogP contribution in [0.5, 0.6) is 11.5 Å². The molecule has 5 heteroatoms. The van der Waals surface area contributed by atoms with Gasteiger partial charge in [-0.2, -0.15) is 0 Å². The minimum absolute atomic E-state index is 0.266. The van der Waals surface area contributed by atoms with E-state index in [0.717, 1.165) is 28.4 Å². The number of hydrogen-bond acceptors (Lipinski definition) is 5.